The van der Waals surface area contributed by atoms with Crippen LogP contribution in [0.25, 0.3) is 0 Å². The van der Waals surface area contributed by atoms with Crippen LogP contribution in [0.4, 0.5) is 24.0 Å². The van der Waals surface area contributed by atoms with Gasteiger partial charge in [0.05, 0.1) is 93.4 Å². The van der Waals surface area contributed by atoms with Crippen LogP contribution in [0.3, 0.4) is 0 Å². The van der Waals surface area contributed by atoms with Crippen molar-refractivity contribution in [2.75, 3.05) is 63.4 Å². The Labute approximate surface area is 661 Å². The van der Waals surface area contributed by atoms with Gasteiger partial charge in [-0.3, -0.25) is 43.6 Å². The van der Waals surface area contributed by atoms with E-state index in [2.05, 4.69) is 139 Å². The van der Waals surface area contributed by atoms with E-state index < -0.39 is 58.8 Å². The van der Waals surface area contributed by atoms with E-state index in [1.54, 1.807) is 75.0 Å². The zero-order valence-corrected chi connectivity index (χ0v) is 67.7. The first-order valence-electron chi connectivity index (χ1n) is 33.9. The number of rotatable bonds is 0. The van der Waals surface area contributed by atoms with E-state index in [4.69, 9.17) is 0 Å². The molecule has 107 heavy (non-hydrogen) atoms. The number of urea groups is 5. The quantitative estimate of drug-likeness (QED) is 0.106. The molecule has 0 aromatic carbocycles. The molecule has 20 rings (SSSR count). The van der Waals surface area contributed by atoms with Gasteiger partial charge in [-0.2, -0.15) is 0 Å². The summed E-state index contributed by atoms with van der Waals surface area (Å²) in [7, 11) is 14.7. The van der Waals surface area contributed by atoms with Crippen LogP contribution in [-0.2, 0) is 0 Å². The molecule has 5 aliphatic carbocycles. The maximum absolute atomic E-state index is 12.4. The highest BCUT2D eigenvalue weighted by Crippen LogP contribution is 2.57. The lowest BCUT2D eigenvalue weighted by Crippen LogP contribution is -2.67. The van der Waals surface area contributed by atoms with Gasteiger partial charge in [0.25, 0.3) is 29.5 Å². The average Bonchev–Trinajstić information content (AvgIpc) is 1.45. The summed E-state index contributed by atoms with van der Waals surface area (Å²) in [4.78, 5) is 135. The lowest BCUT2D eigenvalue weighted by atomic mass is 9.94. The zero-order chi connectivity index (χ0) is 76.4. The molecule has 11 N–H and O–H groups in total. The second kappa shape index (κ2) is 24.6. The van der Waals surface area contributed by atoms with Gasteiger partial charge in [0.2, 0.25) is 5.72 Å². The summed E-state index contributed by atoms with van der Waals surface area (Å²) in [5, 5.41) is 72.2. The lowest BCUT2D eigenvalue weighted by molar-refractivity contribution is -0.208. The maximum Gasteiger partial charge on any atom is 0.324 e. The molecule has 0 radical (unpaired) electrons. The van der Waals surface area contributed by atoms with Crippen molar-refractivity contribution >= 4 is 155 Å². The van der Waals surface area contributed by atoms with Crippen molar-refractivity contribution in [2.45, 2.75) is 165 Å². The van der Waals surface area contributed by atoms with Crippen LogP contribution in [-0.4, -0.2) is 304 Å². The third kappa shape index (κ3) is 9.77. The number of aromatic nitrogens is 5. The SMILES string of the molecule is C.CN1C(=O)N(C)[C@@]2(O)[C@@H]3NC(=O)c4ccc(Br)n4[C@@H]3C[C@@]12O.CN1C(=O)N(C)[C@]2(C)C[C@@H]3[C@@H](NC(=O)c4ccc(Br)n43)[C@H]12.CN1C(=O)N(C)[C@]2(O)C[C@@H]3[C@@H](NC(=O)c4cc(Br)c(Br)n43)[C@H]12.CN1C(=O)N(C)[C@]2(O)C[C@@H]3[C@@H](NC(=O)c4ccc(Br)n43)[C@H]12.CN1C(=O)N[C@]2(O)C[C@@H]3[C@@H](NC(=O)c4ccc(Br)n43)[C@H]12. The molecule has 20 atom stereocenters. The highest BCUT2D eigenvalue weighted by molar-refractivity contribution is 9.13. The highest BCUT2D eigenvalue weighted by atomic mass is 79.9. The van der Waals surface area contributed by atoms with Crippen molar-refractivity contribution in [3.05, 3.63) is 111 Å². The summed E-state index contributed by atoms with van der Waals surface area (Å²) in [5.74, 6) is -0.982. The average molecular weight is 1870 g/mol. The molecule has 15 heterocycles. The summed E-state index contributed by atoms with van der Waals surface area (Å²) in [6.45, 7) is 2.11. The number of nitrogens with one attached hydrogen (secondary N) is 6. The second-order valence-corrected chi connectivity index (χ2v) is 35.0. The molecular formula is C66H78Br6N20O15. The molecule has 574 valence electrons. The fourth-order valence-electron chi connectivity index (χ4n) is 20.4. The number of hydrogen-bond donors (Lipinski definition) is 11. The molecule has 10 aliphatic heterocycles. The minimum absolute atomic E-state index is 0. The Kier molecular flexibility index (Phi) is 17.3. The minimum atomic E-state index is -1.89. The smallest absolute Gasteiger partial charge is 0.324 e. The Hall–Kier alpha value is -7.22. The number of carbonyl (C=O) groups is 10. The van der Waals surface area contributed by atoms with Gasteiger partial charge in [0, 0.05) is 89.1 Å². The van der Waals surface area contributed by atoms with E-state index in [-0.39, 0.29) is 133 Å². The molecule has 5 aromatic heterocycles. The molecule has 35 nitrogen and oxygen atoms in total. The van der Waals surface area contributed by atoms with Crippen LogP contribution in [0.15, 0.2) is 82.1 Å². The molecule has 5 saturated heterocycles. The van der Waals surface area contributed by atoms with Gasteiger partial charge in [-0.1, -0.05) is 7.43 Å². The monoisotopic (exact) mass is 1860 g/mol. The Morgan fingerprint density at radius 1 is 0.383 bits per heavy atom. The standard InChI is InChI=1S/C14H17BrN4O2.C13H14Br2N4O3.C13H15BrN4O4.C13H15BrN4O3.C12H13BrN4O3.CH4/c1-14-6-8-10(11(14)17(2)13(21)18(14)3)16-12(20)7-4-5-9(15)19(7)8;1-17-9-8-7(4-13(9,22)18(2)12(17)21)19-6(11(20)16-8)3-5(14)10(19)15;1-16-11(20)17(2)13(22)9-7(5-12(13,16)21)18-6(10(19)15-9)3-4-8(18)14;1-16-10-9-7(5-13(10,21)17(2)12(16)20)18-6(11(19)15-9)3-4-8(18)14;1-16-9-8-6(4-12(9,20)15-11(16)19)17-5(10(18)14-8)2-3-7(17)13;/h4-5,8,10-11H,6H2,1-3H3,(H,16,20);3,7-9,22H,4H2,1-2H3,(H,16,20);3-4,7,9,21-22H,5H2,1-2H3,(H,15,19);3-4,7,9-10,21H,5H2,1-2H3,(H,15,19);2-3,6,8-9,20H,4H2,1H3,(H,14,18)(H,15,19);1H4/t8-,10-,11+,14-;7-,8-,9+,13+;7-,9-,12+,13-;7-,9-,10+,13+;6-,8-,9+,12+;/m11111./s1. The minimum Gasteiger partial charge on any atom is -0.369 e. The Morgan fingerprint density at radius 3 is 1.21 bits per heavy atom. The van der Waals surface area contributed by atoms with Crippen LogP contribution >= 0.6 is 95.6 Å². The molecule has 0 spiro atoms. The Bertz CT molecular complexity index is 4660. The molecular weight excluding hydrogens is 1790 g/mol. The lowest BCUT2D eigenvalue weighted by Gasteiger charge is -2.41. The van der Waals surface area contributed by atoms with Crippen LogP contribution in [0.1, 0.15) is 129 Å². The first kappa shape index (κ1) is 75.2. The van der Waals surface area contributed by atoms with E-state index in [9.17, 15) is 73.5 Å². The van der Waals surface area contributed by atoms with Gasteiger partial charge in [0.1, 0.15) is 52.6 Å². The number of aliphatic hydroxyl groups is 5. The molecule has 0 bridgehead atoms. The molecule has 5 saturated carbocycles. The van der Waals surface area contributed by atoms with E-state index >= 15 is 0 Å². The molecule has 15 amide bonds. The van der Waals surface area contributed by atoms with Gasteiger partial charge in [0.15, 0.2) is 22.9 Å². The van der Waals surface area contributed by atoms with E-state index in [0.29, 0.717) is 52.3 Å². The molecule has 5 aromatic rings. The van der Waals surface area contributed by atoms with Crippen LogP contribution < -0.4 is 31.9 Å². The van der Waals surface area contributed by atoms with Gasteiger partial charge in [-0.25, -0.2) is 24.0 Å². The van der Waals surface area contributed by atoms with Crippen molar-refractivity contribution in [3.63, 3.8) is 0 Å². The molecule has 41 heteroatoms. The summed E-state index contributed by atoms with van der Waals surface area (Å²) in [5.41, 5.74) is -4.96. The van der Waals surface area contributed by atoms with Crippen molar-refractivity contribution in [2.24, 2.45) is 0 Å². The van der Waals surface area contributed by atoms with Crippen LogP contribution in [0, 0.1) is 0 Å². The Balaban J connectivity index is 0.000000107. The summed E-state index contributed by atoms with van der Waals surface area (Å²) < 4.78 is 14.3. The van der Waals surface area contributed by atoms with Crippen molar-refractivity contribution < 1.29 is 73.5 Å². The van der Waals surface area contributed by atoms with E-state index in [1.165, 1.54) is 38.6 Å². The third-order valence-electron chi connectivity index (χ3n) is 25.5. The van der Waals surface area contributed by atoms with Crippen molar-refractivity contribution in [1.29, 1.82) is 0 Å². The zero-order valence-electron chi connectivity index (χ0n) is 58.2. The number of fused-ring (bicyclic) bond motifs is 25. The van der Waals surface area contributed by atoms with Gasteiger partial charge in [-0.15, -0.1) is 0 Å². The number of nitrogens with zero attached hydrogens (tertiary/aromatic N) is 14. The normalized spacial score (nSPS) is 37.4. The maximum atomic E-state index is 12.4. The summed E-state index contributed by atoms with van der Waals surface area (Å²) >= 11 is 20.8. The van der Waals surface area contributed by atoms with Crippen LogP contribution in [0.2, 0.25) is 0 Å². The molecule has 10 fully saturated rings. The molecule has 0 unspecified atom stereocenters. The largest absolute Gasteiger partial charge is 0.369 e. The van der Waals surface area contributed by atoms with Gasteiger partial charge >= 0.3 is 30.2 Å². The fourth-order valence-corrected chi connectivity index (χ4v) is 23.7. The first-order chi connectivity index (χ1) is 49.6. The first-order valence-corrected chi connectivity index (χ1v) is 38.7. The summed E-state index contributed by atoms with van der Waals surface area (Å²) in [6, 6.07) is 11.1. The third-order valence-corrected chi connectivity index (χ3v) is 30.0. The topological polar surface area (TPSA) is 398 Å². The Morgan fingerprint density at radius 2 is 0.748 bits per heavy atom. The van der Waals surface area contributed by atoms with Gasteiger partial charge in [-0.05, 0) is 164 Å². The fraction of sp³-hybridized carbons (Fsp3) is 0.545. The number of amides is 15. The second-order valence-electron chi connectivity index (χ2n) is 30.1. The predicted octanol–water partition coefficient (Wildman–Crippen LogP) is 3.26. The van der Waals surface area contributed by atoms with Crippen LogP contribution in [0.5, 0.6) is 0 Å². The van der Waals surface area contributed by atoms with E-state index in [0.717, 1.165) is 39.1 Å². The summed E-state index contributed by atoms with van der Waals surface area (Å²) in [6.07, 6.45) is 2.05. The van der Waals surface area contributed by atoms with Crippen molar-refractivity contribution in [3.8, 4) is 0 Å². The number of likely N-dealkylation sites (N-methyl/N-ethyl adjacent to an activating group) is 9. The number of carbonyl (C=O) groups excluding carboxylic acids is 10. The predicted molar refractivity (Wildman–Crippen MR) is 398 cm³/mol. The number of halogens is 6. The van der Waals surface area contributed by atoms with E-state index in [1.807, 2.05) is 57.0 Å². The number of hydrogen-bond acceptors (Lipinski definition) is 15. The van der Waals surface area contributed by atoms with Gasteiger partial charge < -0.3 is 105 Å². The highest BCUT2D eigenvalue weighted by Gasteiger charge is 2.76. The molecule has 15 aliphatic rings. The van der Waals surface area contributed by atoms with Crippen molar-refractivity contribution in [1.82, 2.24) is 98.8 Å².